The third-order valence-corrected chi connectivity index (χ3v) is 4.58. The van der Waals surface area contributed by atoms with E-state index in [-0.39, 0.29) is 5.91 Å². The molecule has 1 amide bonds. The van der Waals surface area contributed by atoms with Gasteiger partial charge in [-0.2, -0.15) is 0 Å². The molecule has 3 N–H and O–H groups in total. The molecular weight excluding hydrogens is 353 g/mol. The van der Waals surface area contributed by atoms with Gasteiger partial charge in [0, 0.05) is 23.2 Å². The van der Waals surface area contributed by atoms with Gasteiger partial charge in [-0.15, -0.1) is 0 Å². The summed E-state index contributed by atoms with van der Waals surface area (Å²) >= 11 is 2.26. The van der Waals surface area contributed by atoms with Gasteiger partial charge in [-0.3, -0.25) is 9.69 Å². The number of hydrogen-bond acceptors (Lipinski definition) is 3. The molecule has 1 atom stereocenters. The van der Waals surface area contributed by atoms with Crippen LogP contribution < -0.4 is 11.1 Å². The van der Waals surface area contributed by atoms with Crippen LogP contribution in [0.4, 0.5) is 0 Å². The standard InChI is InChI=1S/C14H20IN3O/c1-14(13(16)19,11-3-5-12(15)6-4-11)18-9-2-7-17-8-10-18/h3-6,17H,2,7-10H2,1H3,(H2,16,19). The van der Waals surface area contributed by atoms with E-state index in [9.17, 15) is 4.79 Å². The molecule has 1 aromatic carbocycles. The van der Waals surface area contributed by atoms with Crippen molar-refractivity contribution in [2.75, 3.05) is 26.2 Å². The van der Waals surface area contributed by atoms with E-state index in [1.54, 1.807) is 0 Å². The molecule has 0 bridgehead atoms. The summed E-state index contributed by atoms with van der Waals surface area (Å²) in [6.07, 6.45) is 1.03. The molecule has 2 rings (SSSR count). The Morgan fingerprint density at radius 1 is 1.32 bits per heavy atom. The molecule has 1 aromatic rings. The lowest BCUT2D eigenvalue weighted by Crippen LogP contribution is -2.54. The Balaban J connectivity index is 2.35. The van der Waals surface area contributed by atoms with Crippen LogP contribution in [0.2, 0.25) is 0 Å². The Bertz CT molecular complexity index is 441. The average Bonchev–Trinajstić information content (AvgIpc) is 2.67. The van der Waals surface area contributed by atoms with E-state index in [0.29, 0.717) is 0 Å². The molecule has 1 saturated heterocycles. The van der Waals surface area contributed by atoms with Crippen LogP contribution in [0.1, 0.15) is 18.9 Å². The first-order valence-electron chi connectivity index (χ1n) is 6.57. The van der Waals surface area contributed by atoms with Crippen LogP contribution >= 0.6 is 22.6 Å². The number of rotatable bonds is 3. The van der Waals surface area contributed by atoms with E-state index in [4.69, 9.17) is 5.73 Å². The van der Waals surface area contributed by atoms with Gasteiger partial charge < -0.3 is 11.1 Å². The SMILES string of the molecule is CC(C(N)=O)(c1ccc(I)cc1)N1CCCNCC1. The van der Waals surface area contributed by atoms with E-state index in [1.165, 1.54) is 0 Å². The molecule has 1 heterocycles. The van der Waals surface area contributed by atoms with E-state index >= 15 is 0 Å². The average molecular weight is 373 g/mol. The van der Waals surface area contributed by atoms with Crippen molar-refractivity contribution < 1.29 is 4.79 Å². The van der Waals surface area contributed by atoms with Crippen LogP contribution in [0.15, 0.2) is 24.3 Å². The predicted molar refractivity (Wildman–Crippen MR) is 84.8 cm³/mol. The number of halogens is 1. The molecule has 4 nitrogen and oxygen atoms in total. The van der Waals surface area contributed by atoms with Crippen LogP contribution in [-0.2, 0) is 10.3 Å². The first kappa shape index (κ1) is 14.7. The zero-order chi connectivity index (χ0) is 13.9. The normalized spacial score (nSPS) is 20.5. The molecule has 1 fully saturated rings. The van der Waals surface area contributed by atoms with Crippen LogP contribution in [-0.4, -0.2) is 37.0 Å². The van der Waals surface area contributed by atoms with E-state index in [0.717, 1.165) is 41.7 Å². The molecule has 0 aliphatic carbocycles. The lowest BCUT2D eigenvalue weighted by Gasteiger charge is -2.38. The number of carbonyl (C=O) groups excluding carboxylic acids is 1. The summed E-state index contributed by atoms with van der Waals surface area (Å²) < 4.78 is 1.16. The van der Waals surface area contributed by atoms with Gasteiger partial charge in [0.05, 0.1) is 0 Å². The molecule has 1 unspecified atom stereocenters. The minimum Gasteiger partial charge on any atom is -0.368 e. The maximum Gasteiger partial charge on any atom is 0.242 e. The van der Waals surface area contributed by atoms with Crippen molar-refractivity contribution in [3.05, 3.63) is 33.4 Å². The smallest absolute Gasteiger partial charge is 0.242 e. The van der Waals surface area contributed by atoms with Gasteiger partial charge in [0.1, 0.15) is 5.54 Å². The number of nitrogens with one attached hydrogen (secondary N) is 1. The largest absolute Gasteiger partial charge is 0.368 e. The maximum atomic E-state index is 12.1. The van der Waals surface area contributed by atoms with Gasteiger partial charge in [-0.25, -0.2) is 0 Å². The number of hydrogen-bond donors (Lipinski definition) is 2. The molecular formula is C14H20IN3O. The number of benzene rings is 1. The minimum absolute atomic E-state index is 0.282. The van der Waals surface area contributed by atoms with Crippen molar-refractivity contribution in [3.63, 3.8) is 0 Å². The second kappa shape index (κ2) is 6.19. The molecule has 19 heavy (non-hydrogen) atoms. The highest BCUT2D eigenvalue weighted by molar-refractivity contribution is 14.1. The van der Waals surface area contributed by atoms with Crippen molar-refractivity contribution in [1.82, 2.24) is 10.2 Å². The van der Waals surface area contributed by atoms with Gasteiger partial charge in [0.2, 0.25) is 5.91 Å². The molecule has 0 radical (unpaired) electrons. The number of carbonyl (C=O) groups is 1. The Kier molecular flexibility index (Phi) is 4.81. The van der Waals surface area contributed by atoms with E-state index in [2.05, 4.69) is 32.8 Å². The molecule has 0 saturated carbocycles. The fourth-order valence-electron chi connectivity index (χ4n) is 2.55. The van der Waals surface area contributed by atoms with Crippen molar-refractivity contribution >= 4 is 28.5 Å². The summed E-state index contributed by atoms with van der Waals surface area (Å²) in [5.41, 5.74) is 5.97. The van der Waals surface area contributed by atoms with Gasteiger partial charge in [0.25, 0.3) is 0 Å². The number of primary amides is 1. The van der Waals surface area contributed by atoms with Gasteiger partial charge in [-0.05, 0) is 60.2 Å². The zero-order valence-electron chi connectivity index (χ0n) is 11.2. The molecule has 5 heteroatoms. The fraction of sp³-hybridized carbons (Fsp3) is 0.500. The zero-order valence-corrected chi connectivity index (χ0v) is 13.3. The summed E-state index contributed by atoms with van der Waals surface area (Å²) in [7, 11) is 0. The Hall–Kier alpha value is -0.660. The lowest BCUT2D eigenvalue weighted by molar-refractivity contribution is -0.129. The summed E-state index contributed by atoms with van der Waals surface area (Å²) in [5, 5.41) is 3.35. The topological polar surface area (TPSA) is 58.4 Å². The Morgan fingerprint density at radius 2 is 2.00 bits per heavy atom. The van der Waals surface area contributed by atoms with Crippen LogP contribution in [0, 0.1) is 3.57 Å². The van der Waals surface area contributed by atoms with Crippen LogP contribution in [0.3, 0.4) is 0 Å². The summed E-state index contributed by atoms with van der Waals surface area (Å²) in [6.45, 7) is 5.55. The minimum atomic E-state index is -0.726. The third-order valence-electron chi connectivity index (χ3n) is 3.86. The van der Waals surface area contributed by atoms with Gasteiger partial charge in [-0.1, -0.05) is 12.1 Å². The second-order valence-electron chi connectivity index (χ2n) is 5.03. The monoisotopic (exact) mass is 373 g/mol. The third kappa shape index (κ3) is 3.09. The summed E-state index contributed by atoms with van der Waals surface area (Å²) in [6, 6.07) is 8.05. The molecule has 1 aliphatic rings. The quantitative estimate of drug-likeness (QED) is 0.786. The predicted octanol–water partition coefficient (Wildman–Crippen LogP) is 1.29. The number of nitrogens with zero attached hydrogens (tertiary/aromatic N) is 1. The lowest BCUT2D eigenvalue weighted by atomic mass is 9.89. The Labute approximate surface area is 127 Å². The highest BCUT2D eigenvalue weighted by Gasteiger charge is 2.39. The molecule has 104 valence electrons. The van der Waals surface area contributed by atoms with Crippen LogP contribution in [0.5, 0.6) is 0 Å². The highest BCUT2D eigenvalue weighted by atomic mass is 127. The van der Waals surface area contributed by atoms with Crippen molar-refractivity contribution in [3.8, 4) is 0 Å². The fourth-order valence-corrected chi connectivity index (χ4v) is 2.91. The number of nitrogens with two attached hydrogens (primary N) is 1. The van der Waals surface area contributed by atoms with Gasteiger partial charge in [0.15, 0.2) is 0 Å². The molecule has 1 aliphatic heterocycles. The molecule has 0 aromatic heterocycles. The highest BCUT2D eigenvalue weighted by Crippen LogP contribution is 2.29. The number of amides is 1. The second-order valence-corrected chi connectivity index (χ2v) is 6.28. The van der Waals surface area contributed by atoms with Crippen LogP contribution in [0.25, 0.3) is 0 Å². The van der Waals surface area contributed by atoms with Crippen molar-refractivity contribution in [1.29, 1.82) is 0 Å². The first-order valence-corrected chi connectivity index (χ1v) is 7.65. The van der Waals surface area contributed by atoms with E-state index in [1.807, 2.05) is 31.2 Å². The van der Waals surface area contributed by atoms with Crippen molar-refractivity contribution in [2.24, 2.45) is 5.73 Å². The summed E-state index contributed by atoms with van der Waals surface area (Å²) in [4.78, 5) is 14.3. The van der Waals surface area contributed by atoms with E-state index < -0.39 is 5.54 Å². The first-order chi connectivity index (χ1) is 9.05. The maximum absolute atomic E-state index is 12.1. The van der Waals surface area contributed by atoms with Gasteiger partial charge >= 0.3 is 0 Å². The summed E-state index contributed by atoms with van der Waals surface area (Å²) in [5.74, 6) is -0.282. The van der Waals surface area contributed by atoms with Crippen molar-refractivity contribution in [2.45, 2.75) is 18.9 Å². The Morgan fingerprint density at radius 3 is 2.63 bits per heavy atom. The molecule has 0 spiro atoms.